The molecular formula is C14H16FN3. The van der Waals surface area contributed by atoms with Gasteiger partial charge in [0.1, 0.15) is 12.1 Å². The average molecular weight is 245 g/mol. The summed E-state index contributed by atoms with van der Waals surface area (Å²) in [5.41, 5.74) is 2.78. The SMILES string of the molecule is CC(C)NCc1cc(F)ccc1-c1cncnc1. The van der Waals surface area contributed by atoms with E-state index in [2.05, 4.69) is 29.1 Å². The molecule has 0 atom stereocenters. The Kier molecular flexibility index (Phi) is 3.99. The molecule has 0 amide bonds. The minimum atomic E-state index is -0.226. The average Bonchev–Trinajstić information content (AvgIpc) is 2.37. The lowest BCUT2D eigenvalue weighted by Crippen LogP contribution is -2.22. The van der Waals surface area contributed by atoms with Gasteiger partial charge in [-0.25, -0.2) is 14.4 Å². The molecule has 94 valence electrons. The maximum Gasteiger partial charge on any atom is 0.123 e. The van der Waals surface area contributed by atoms with E-state index in [-0.39, 0.29) is 5.82 Å². The third-order valence-electron chi connectivity index (χ3n) is 2.64. The molecule has 0 aliphatic rings. The van der Waals surface area contributed by atoms with Crippen LogP contribution in [0.2, 0.25) is 0 Å². The van der Waals surface area contributed by atoms with E-state index in [1.807, 2.05) is 0 Å². The predicted molar refractivity (Wildman–Crippen MR) is 69.4 cm³/mol. The number of aromatic nitrogens is 2. The summed E-state index contributed by atoms with van der Waals surface area (Å²) in [6.45, 7) is 4.74. The van der Waals surface area contributed by atoms with Crippen molar-refractivity contribution in [3.63, 3.8) is 0 Å². The second kappa shape index (κ2) is 5.69. The highest BCUT2D eigenvalue weighted by atomic mass is 19.1. The summed E-state index contributed by atoms with van der Waals surface area (Å²) >= 11 is 0. The fourth-order valence-corrected chi connectivity index (χ4v) is 1.74. The van der Waals surface area contributed by atoms with Crippen LogP contribution >= 0.6 is 0 Å². The Morgan fingerprint density at radius 3 is 2.61 bits per heavy atom. The maximum atomic E-state index is 13.3. The van der Waals surface area contributed by atoms with Crippen molar-refractivity contribution in [2.75, 3.05) is 0 Å². The van der Waals surface area contributed by atoms with Crippen LogP contribution in [-0.4, -0.2) is 16.0 Å². The Balaban J connectivity index is 2.35. The zero-order valence-corrected chi connectivity index (χ0v) is 10.5. The van der Waals surface area contributed by atoms with Crippen LogP contribution in [0.1, 0.15) is 19.4 Å². The number of rotatable bonds is 4. The molecule has 0 radical (unpaired) electrons. The second-order valence-corrected chi connectivity index (χ2v) is 4.46. The van der Waals surface area contributed by atoms with Gasteiger partial charge in [-0.2, -0.15) is 0 Å². The maximum absolute atomic E-state index is 13.3. The van der Waals surface area contributed by atoms with Crippen molar-refractivity contribution in [3.8, 4) is 11.1 Å². The molecule has 1 aromatic heterocycles. The molecular weight excluding hydrogens is 229 g/mol. The lowest BCUT2D eigenvalue weighted by Gasteiger charge is -2.12. The molecule has 0 fully saturated rings. The highest BCUT2D eigenvalue weighted by Crippen LogP contribution is 2.23. The van der Waals surface area contributed by atoms with Crippen molar-refractivity contribution in [1.82, 2.24) is 15.3 Å². The van der Waals surface area contributed by atoms with Crippen LogP contribution in [0.25, 0.3) is 11.1 Å². The lowest BCUT2D eigenvalue weighted by molar-refractivity contribution is 0.582. The molecule has 18 heavy (non-hydrogen) atoms. The van der Waals surface area contributed by atoms with Crippen LogP contribution in [0.5, 0.6) is 0 Å². The first-order valence-corrected chi connectivity index (χ1v) is 5.94. The topological polar surface area (TPSA) is 37.8 Å². The van der Waals surface area contributed by atoms with E-state index in [9.17, 15) is 4.39 Å². The van der Waals surface area contributed by atoms with E-state index in [4.69, 9.17) is 0 Å². The van der Waals surface area contributed by atoms with Gasteiger partial charge in [-0.05, 0) is 23.3 Å². The Morgan fingerprint density at radius 2 is 1.94 bits per heavy atom. The summed E-state index contributed by atoms with van der Waals surface area (Å²) in [4.78, 5) is 7.99. The van der Waals surface area contributed by atoms with Gasteiger partial charge in [0.2, 0.25) is 0 Å². The van der Waals surface area contributed by atoms with Crippen molar-refractivity contribution in [3.05, 3.63) is 48.3 Å². The van der Waals surface area contributed by atoms with Gasteiger partial charge in [0.15, 0.2) is 0 Å². The first kappa shape index (κ1) is 12.6. The number of halogens is 1. The highest BCUT2D eigenvalue weighted by molar-refractivity contribution is 5.65. The molecule has 0 saturated carbocycles. The molecule has 0 aliphatic carbocycles. The van der Waals surface area contributed by atoms with Crippen LogP contribution in [-0.2, 0) is 6.54 Å². The fraction of sp³-hybridized carbons (Fsp3) is 0.286. The largest absolute Gasteiger partial charge is 0.310 e. The van der Waals surface area contributed by atoms with E-state index in [0.717, 1.165) is 16.7 Å². The first-order valence-electron chi connectivity index (χ1n) is 5.94. The summed E-state index contributed by atoms with van der Waals surface area (Å²) in [5.74, 6) is -0.226. The van der Waals surface area contributed by atoms with Crippen molar-refractivity contribution in [2.24, 2.45) is 0 Å². The Labute approximate surface area is 106 Å². The van der Waals surface area contributed by atoms with Crippen molar-refractivity contribution in [2.45, 2.75) is 26.4 Å². The summed E-state index contributed by atoms with van der Waals surface area (Å²) in [5, 5.41) is 3.29. The van der Waals surface area contributed by atoms with E-state index >= 15 is 0 Å². The molecule has 1 aromatic carbocycles. The highest BCUT2D eigenvalue weighted by Gasteiger charge is 2.07. The van der Waals surface area contributed by atoms with Gasteiger partial charge in [0, 0.05) is 30.5 Å². The zero-order valence-electron chi connectivity index (χ0n) is 10.5. The summed E-state index contributed by atoms with van der Waals surface area (Å²) < 4.78 is 13.3. The number of nitrogens with zero attached hydrogens (tertiary/aromatic N) is 2. The molecule has 1 heterocycles. The Hall–Kier alpha value is -1.81. The third kappa shape index (κ3) is 3.11. The van der Waals surface area contributed by atoms with Gasteiger partial charge in [-0.1, -0.05) is 19.9 Å². The van der Waals surface area contributed by atoms with Crippen LogP contribution in [0.4, 0.5) is 4.39 Å². The molecule has 0 aliphatic heterocycles. The molecule has 0 spiro atoms. The van der Waals surface area contributed by atoms with Crippen molar-refractivity contribution >= 4 is 0 Å². The van der Waals surface area contributed by atoms with Crippen LogP contribution in [0, 0.1) is 5.82 Å². The predicted octanol–water partition coefficient (Wildman–Crippen LogP) is 2.78. The van der Waals surface area contributed by atoms with Gasteiger partial charge in [-0.15, -0.1) is 0 Å². The van der Waals surface area contributed by atoms with Crippen molar-refractivity contribution in [1.29, 1.82) is 0 Å². The second-order valence-electron chi connectivity index (χ2n) is 4.46. The number of nitrogens with one attached hydrogen (secondary N) is 1. The van der Waals surface area contributed by atoms with Crippen LogP contribution < -0.4 is 5.32 Å². The molecule has 0 bridgehead atoms. The van der Waals surface area contributed by atoms with Gasteiger partial charge in [0.05, 0.1) is 0 Å². The first-order chi connectivity index (χ1) is 8.66. The van der Waals surface area contributed by atoms with Crippen LogP contribution in [0.15, 0.2) is 36.9 Å². The van der Waals surface area contributed by atoms with E-state index < -0.39 is 0 Å². The normalized spacial score (nSPS) is 10.9. The van der Waals surface area contributed by atoms with Crippen molar-refractivity contribution < 1.29 is 4.39 Å². The summed E-state index contributed by atoms with van der Waals surface area (Å²) in [7, 11) is 0. The number of hydrogen-bond donors (Lipinski definition) is 1. The minimum Gasteiger partial charge on any atom is -0.310 e. The Bertz CT molecular complexity index is 512. The monoisotopic (exact) mass is 245 g/mol. The summed E-state index contributed by atoms with van der Waals surface area (Å²) in [6.07, 6.45) is 4.96. The molecule has 0 saturated heterocycles. The van der Waals surface area contributed by atoms with E-state index in [0.29, 0.717) is 12.6 Å². The van der Waals surface area contributed by atoms with E-state index in [1.54, 1.807) is 24.5 Å². The molecule has 2 rings (SSSR count). The Morgan fingerprint density at radius 1 is 1.22 bits per heavy atom. The van der Waals surface area contributed by atoms with Gasteiger partial charge >= 0.3 is 0 Å². The van der Waals surface area contributed by atoms with Gasteiger partial charge in [-0.3, -0.25) is 0 Å². The zero-order chi connectivity index (χ0) is 13.0. The fourth-order valence-electron chi connectivity index (χ4n) is 1.74. The number of benzene rings is 1. The minimum absolute atomic E-state index is 0.226. The van der Waals surface area contributed by atoms with Crippen LogP contribution in [0.3, 0.4) is 0 Å². The molecule has 2 aromatic rings. The molecule has 0 unspecified atom stereocenters. The smallest absolute Gasteiger partial charge is 0.123 e. The lowest BCUT2D eigenvalue weighted by atomic mass is 10.0. The number of hydrogen-bond acceptors (Lipinski definition) is 3. The quantitative estimate of drug-likeness (QED) is 0.900. The molecule has 4 heteroatoms. The summed E-state index contributed by atoms with van der Waals surface area (Å²) in [6, 6.07) is 5.14. The molecule has 1 N–H and O–H groups in total. The van der Waals surface area contributed by atoms with Gasteiger partial charge < -0.3 is 5.32 Å². The van der Waals surface area contributed by atoms with Gasteiger partial charge in [0.25, 0.3) is 0 Å². The molecule has 3 nitrogen and oxygen atoms in total. The standard InChI is InChI=1S/C14H16FN3/c1-10(2)18-8-11-5-13(15)3-4-14(11)12-6-16-9-17-7-12/h3-7,9-10,18H,8H2,1-2H3. The third-order valence-corrected chi connectivity index (χ3v) is 2.64. The van der Waals surface area contributed by atoms with E-state index in [1.165, 1.54) is 12.4 Å².